The van der Waals surface area contributed by atoms with E-state index >= 15 is 0 Å². The van der Waals surface area contributed by atoms with Gasteiger partial charge in [-0.2, -0.15) is 52.7 Å². The van der Waals surface area contributed by atoms with Gasteiger partial charge in [0.25, 0.3) is 11.8 Å². The number of hydrogen-bond donors (Lipinski definition) is 7. The number of aliphatic carboxylic acids is 4. The molecule has 104 heavy (non-hydrogen) atoms. The van der Waals surface area contributed by atoms with Crippen LogP contribution in [0.25, 0.3) is 22.9 Å². The zero-order valence-electron chi connectivity index (χ0n) is 55.3. The van der Waals surface area contributed by atoms with Gasteiger partial charge in [0, 0.05) is 82.9 Å². The van der Waals surface area contributed by atoms with Gasteiger partial charge in [0.1, 0.15) is 11.5 Å². The predicted octanol–water partition coefficient (Wildman–Crippen LogP) is 12.5. The molecule has 8 N–H and O–H groups in total. The Labute approximate surface area is 605 Å². The maximum atomic E-state index is 13.2. The lowest BCUT2D eigenvalue weighted by atomic mass is 9.94. The molecule has 6 aromatic rings. The van der Waals surface area contributed by atoms with Gasteiger partial charge < -0.3 is 50.5 Å². The Morgan fingerprint density at radius 1 is 0.519 bits per heavy atom. The number of carbonyl (C=O) groups excluding carboxylic acids is 2. The monoisotopic (exact) mass is 1660 g/mol. The number of aromatic nitrogens is 4. The second-order valence-electron chi connectivity index (χ2n) is 22.9. The first-order valence-electron chi connectivity index (χ1n) is 31.1. The second kappa shape index (κ2) is 42.2. The zero-order chi connectivity index (χ0) is 78.4. The highest BCUT2D eigenvalue weighted by molar-refractivity contribution is 9.09. The number of pyridine rings is 2. The van der Waals surface area contributed by atoms with Crippen molar-refractivity contribution in [2.75, 3.05) is 23.7 Å². The third-order valence-electron chi connectivity index (χ3n) is 15.1. The molecule has 24 nitrogen and oxygen atoms in total. The van der Waals surface area contributed by atoms with Gasteiger partial charge in [-0.25, -0.2) is 46.0 Å². The number of hydrogen-bond acceptors (Lipinski definition) is 18. The van der Waals surface area contributed by atoms with Crippen LogP contribution >= 0.6 is 31.9 Å². The number of aryl methyl sites for hydroxylation is 2. The van der Waals surface area contributed by atoms with E-state index in [1.165, 1.54) is 25.7 Å². The molecule has 0 spiro atoms. The molecule has 0 unspecified atom stereocenters. The molecule has 2 saturated carbocycles. The fraction of sp³-hybridized carbons (Fsp3) is 0.469. The van der Waals surface area contributed by atoms with Gasteiger partial charge >= 0.3 is 48.6 Å². The minimum Gasteiger partial charge on any atom is -0.475 e. The minimum atomic E-state index is -5.08. The Bertz CT molecular complexity index is 3810. The van der Waals surface area contributed by atoms with Crippen LogP contribution in [0, 0.1) is 13.8 Å². The van der Waals surface area contributed by atoms with E-state index in [1.807, 2.05) is 24.3 Å². The fourth-order valence-corrected chi connectivity index (χ4v) is 14.1. The summed E-state index contributed by atoms with van der Waals surface area (Å²) in [6.45, 7) is 6.56. The number of carboxylic acid groups (broad SMARTS) is 4. The number of carbonyl (C=O) groups is 6. The van der Waals surface area contributed by atoms with E-state index in [0.717, 1.165) is 73.4 Å². The molecule has 1 saturated heterocycles. The van der Waals surface area contributed by atoms with E-state index in [1.54, 1.807) is 87.2 Å². The number of nitrogens with one attached hydrogen (secondary N) is 2. The fourth-order valence-electron chi connectivity index (χ4n) is 9.60. The molecule has 2 amide bonds. The Kier molecular flexibility index (Phi) is 36.5. The standard InChI is InChI=1S/C28H34N4O4S.C24H28N4O4S.C4H8Br2.4C2HF3O2/c1-20-26(19-37(34,35)25-12-10-24(11-13-25)32-15-2-3-16-32)31-28(36-20)23-8-6-22(7-9-23)27(33)30-18-21-5-4-14-29-17-21;1-16-22(15-33(30,31)21-10-8-20(25)9-11-21)28-24(32-16)19-6-4-18(5-7-19)23(29)27-14-17-3-2-12-26-13-17;5-3-1-2-4-6;4*3-2(4,5)1(6)7/h4-9,14,17,24-25H,2-3,10-13,15-16,18-19H2,1H3,(H,30,33);2-7,12-13,20-21H,8-11,14-15,25H2,1H3,(H,27,29);1-4H2;4*(H,6,7). The number of unbranched alkanes of at least 4 members (excludes halogenated alkanes) is 1. The molecular formula is C64H74Br2F12N8O16S2. The normalized spacial score (nSPS) is 16.9. The number of likely N-dealkylation sites (tertiary alicyclic amines) is 1. The molecule has 576 valence electrons. The van der Waals surface area contributed by atoms with E-state index in [4.69, 9.17) is 54.2 Å². The number of nitrogens with two attached hydrogens (primary N) is 1. The van der Waals surface area contributed by atoms with Crippen molar-refractivity contribution in [2.45, 2.75) is 163 Å². The lowest BCUT2D eigenvalue weighted by Crippen LogP contribution is -2.39. The molecule has 3 fully saturated rings. The first-order valence-corrected chi connectivity index (χ1v) is 36.8. The summed E-state index contributed by atoms with van der Waals surface area (Å²) in [4.78, 5) is 80.1. The quantitative estimate of drug-likeness (QED) is 0.0239. The molecule has 0 atom stereocenters. The first-order chi connectivity index (χ1) is 48.4. The summed E-state index contributed by atoms with van der Waals surface area (Å²) >= 11 is 6.66. The van der Waals surface area contributed by atoms with Crippen LogP contribution in [-0.4, -0.2) is 169 Å². The van der Waals surface area contributed by atoms with Crippen molar-refractivity contribution in [3.05, 3.63) is 143 Å². The van der Waals surface area contributed by atoms with Crippen LogP contribution in [0.15, 0.2) is 106 Å². The van der Waals surface area contributed by atoms with Crippen molar-refractivity contribution in [3.63, 3.8) is 0 Å². The number of carboxylic acids is 4. The number of rotatable bonds is 18. The van der Waals surface area contributed by atoms with Crippen LogP contribution in [0.4, 0.5) is 52.7 Å². The average molecular weight is 1660 g/mol. The van der Waals surface area contributed by atoms with Crippen molar-refractivity contribution in [3.8, 4) is 22.9 Å². The van der Waals surface area contributed by atoms with E-state index < -0.39 is 68.3 Å². The van der Waals surface area contributed by atoms with Gasteiger partial charge in [-0.1, -0.05) is 44.0 Å². The van der Waals surface area contributed by atoms with Gasteiger partial charge in [-0.15, -0.1) is 0 Å². The summed E-state index contributed by atoms with van der Waals surface area (Å²) in [5, 5.41) is 35.8. The Morgan fingerprint density at radius 2 is 0.827 bits per heavy atom. The highest BCUT2D eigenvalue weighted by atomic mass is 79.9. The Hall–Kier alpha value is -8.08. The maximum Gasteiger partial charge on any atom is 0.490 e. The first kappa shape index (κ1) is 90.1. The van der Waals surface area contributed by atoms with Gasteiger partial charge in [-0.05, 0) is 176 Å². The number of amides is 2. The predicted molar refractivity (Wildman–Crippen MR) is 358 cm³/mol. The molecular weight excluding hydrogens is 1590 g/mol. The molecule has 9 rings (SSSR count). The van der Waals surface area contributed by atoms with Crippen molar-refractivity contribution in [2.24, 2.45) is 5.73 Å². The van der Waals surface area contributed by atoms with Crippen LogP contribution in [-0.2, 0) is 63.4 Å². The Morgan fingerprint density at radius 3 is 1.11 bits per heavy atom. The third kappa shape index (κ3) is 32.5. The van der Waals surface area contributed by atoms with E-state index in [2.05, 4.69) is 67.3 Å². The summed E-state index contributed by atoms with van der Waals surface area (Å²) in [7, 11) is -6.65. The third-order valence-corrected chi connectivity index (χ3v) is 20.6. The summed E-state index contributed by atoms with van der Waals surface area (Å²) in [6, 6.07) is 21.9. The molecule has 0 radical (unpaired) electrons. The average Bonchev–Trinajstić information content (AvgIpc) is 1.62. The molecule has 3 aliphatic rings. The lowest BCUT2D eigenvalue weighted by molar-refractivity contribution is -0.193. The van der Waals surface area contributed by atoms with Crippen LogP contribution in [0.1, 0.15) is 132 Å². The Balaban J connectivity index is 0.000000376. The number of oxazole rings is 2. The van der Waals surface area contributed by atoms with Crippen LogP contribution in [0.5, 0.6) is 0 Å². The highest BCUT2D eigenvalue weighted by Gasteiger charge is 2.41. The zero-order valence-corrected chi connectivity index (χ0v) is 60.1. The van der Waals surface area contributed by atoms with E-state index in [-0.39, 0.29) is 39.9 Å². The minimum absolute atomic E-state index is 0.0947. The van der Waals surface area contributed by atoms with Gasteiger partial charge in [-0.3, -0.25) is 19.6 Å². The van der Waals surface area contributed by atoms with Crippen molar-refractivity contribution in [1.82, 2.24) is 35.5 Å². The van der Waals surface area contributed by atoms with Crippen LogP contribution in [0.3, 0.4) is 0 Å². The molecule has 4 aromatic heterocycles. The number of halogens is 14. The maximum absolute atomic E-state index is 13.2. The van der Waals surface area contributed by atoms with Gasteiger partial charge in [0.15, 0.2) is 19.7 Å². The van der Waals surface area contributed by atoms with Crippen LogP contribution in [0.2, 0.25) is 0 Å². The molecule has 1 aliphatic heterocycles. The SMILES string of the molecule is BrCCCCBr.Cc1oc(-c2ccc(C(=O)NCc3cccnc3)cc2)nc1CS(=O)(=O)C1CCC(N)CC1.Cc1oc(-c2ccc(C(=O)NCc3cccnc3)cc2)nc1CS(=O)(=O)C1CCC(N2CCCC2)CC1.O=C(O)C(F)(F)F.O=C(O)C(F)(F)F.O=C(O)C(F)(F)F.O=C(O)C(F)(F)F. The number of benzene rings is 2. The van der Waals surface area contributed by atoms with Crippen LogP contribution < -0.4 is 16.4 Å². The smallest absolute Gasteiger partial charge is 0.475 e. The van der Waals surface area contributed by atoms with Gasteiger partial charge in [0.2, 0.25) is 11.8 Å². The number of alkyl halides is 14. The van der Waals surface area contributed by atoms with Crippen molar-refractivity contribution in [1.29, 1.82) is 0 Å². The molecule has 2 aliphatic carbocycles. The number of sulfone groups is 2. The summed E-state index contributed by atoms with van der Waals surface area (Å²) in [5.74, 6) is -9.96. The highest BCUT2D eigenvalue weighted by Crippen LogP contribution is 2.33. The summed E-state index contributed by atoms with van der Waals surface area (Å²) in [6.07, 6.45) is -2.46. The van der Waals surface area contributed by atoms with Gasteiger partial charge in [0.05, 0.1) is 33.4 Å². The topological polar surface area (TPSA) is 383 Å². The van der Waals surface area contributed by atoms with E-state index in [0.29, 0.717) is 88.9 Å². The molecule has 0 bridgehead atoms. The summed E-state index contributed by atoms with van der Waals surface area (Å²) < 4.78 is 191. The van der Waals surface area contributed by atoms with E-state index in [9.17, 15) is 79.1 Å². The lowest BCUT2D eigenvalue weighted by Gasteiger charge is -2.34. The van der Waals surface area contributed by atoms with Crippen molar-refractivity contribution >= 4 is 87.2 Å². The molecule has 5 heterocycles. The second-order valence-corrected chi connectivity index (χ2v) is 29.1. The largest absolute Gasteiger partial charge is 0.490 e. The molecule has 40 heteroatoms. The molecule has 2 aromatic carbocycles. The number of nitrogens with zero attached hydrogens (tertiary/aromatic N) is 5. The summed E-state index contributed by atoms with van der Waals surface area (Å²) in [5.41, 5.74) is 11.0. The van der Waals surface area contributed by atoms with Crippen molar-refractivity contribution < 1.29 is 128 Å².